The van der Waals surface area contributed by atoms with Gasteiger partial charge < -0.3 is 10.8 Å². The number of sulfone groups is 1. The average molecular weight is 291 g/mol. The molecule has 0 fully saturated rings. The molecule has 0 aliphatic heterocycles. The molecule has 0 spiro atoms. The summed E-state index contributed by atoms with van der Waals surface area (Å²) in [5.41, 5.74) is 6.39. The first-order valence-electron chi connectivity index (χ1n) is 6.31. The predicted molar refractivity (Wildman–Crippen MR) is 78.3 cm³/mol. The number of aromatic hydroxyl groups is 1. The van der Waals surface area contributed by atoms with Gasteiger partial charge in [0.25, 0.3) is 0 Å². The summed E-state index contributed by atoms with van der Waals surface area (Å²) in [5, 5.41) is 8.74. The van der Waals surface area contributed by atoms with E-state index in [2.05, 4.69) is 0 Å². The Morgan fingerprint density at radius 1 is 1.05 bits per heavy atom. The Labute approximate surface area is 118 Å². The highest BCUT2D eigenvalue weighted by Gasteiger charge is 2.26. The second-order valence-corrected chi connectivity index (χ2v) is 6.82. The van der Waals surface area contributed by atoms with Gasteiger partial charge >= 0.3 is 0 Å². The molecule has 3 N–H and O–H groups in total. The van der Waals surface area contributed by atoms with E-state index < -0.39 is 15.1 Å². The summed E-state index contributed by atoms with van der Waals surface area (Å²) in [6.07, 6.45) is 0.280. The van der Waals surface area contributed by atoms with E-state index in [9.17, 15) is 13.5 Å². The molecular weight excluding hydrogens is 274 g/mol. The van der Waals surface area contributed by atoms with Crippen LogP contribution >= 0.6 is 0 Å². The minimum absolute atomic E-state index is 0.0346. The van der Waals surface area contributed by atoms with Gasteiger partial charge in [-0.2, -0.15) is 0 Å². The van der Waals surface area contributed by atoms with E-state index in [1.807, 2.05) is 0 Å². The van der Waals surface area contributed by atoms with Crippen molar-refractivity contribution in [1.29, 1.82) is 0 Å². The van der Waals surface area contributed by atoms with Crippen LogP contribution in [0, 0.1) is 0 Å². The predicted octanol–water partition coefficient (Wildman–Crippen LogP) is 1.74. The normalized spacial score (nSPS) is 13.1. The van der Waals surface area contributed by atoms with Gasteiger partial charge in [-0.05, 0) is 36.2 Å². The van der Waals surface area contributed by atoms with Gasteiger partial charge in [0, 0.05) is 6.54 Å². The van der Waals surface area contributed by atoms with Gasteiger partial charge in [-0.25, -0.2) is 8.42 Å². The Morgan fingerprint density at radius 3 is 2.35 bits per heavy atom. The van der Waals surface area contributed by atoms with Crippen LogP contribution in [0.2, 0.25) is 0 Å². The summed E-state index contributed by atoms with van der Waals surface area (Å²) in [5.74, 6) is 0.121. The third-order valence-corrected chi connectivity index (χ3v) is 5.31. The van der Waals surface area contributed by atoms with Crippen LogP contribution < -0.4 is 5.73 Å². The van der Waals surface area contributed by atoms with Crippen molar-refractivity contribution in [3.05, 3.63) is 60.2 Å². The highest BCUT2D eigenvalue weighted by molar-refractivity contribution is 7.92. The molecule has 0 saturated carbocycles. The molecule has 2 aromatic carbocycles. The van der Waals surface area contributed by atoms with Gasteiger partial charge in [-0.15, -0.1) is 0 Å². The fraction of sp³-hybridized carbons (Fsp3) is 0.200. The molecule has 0 aliphatic rings. The van der Waals surface area contributed by atoms with Gasteiger partial charge in [0.1, 0.15) is 5.75 Å². The van der Waals surface area contributed by atoms with E-state index in [0.29, 0.717) is 0 Å². The molecule has 0 aromatic heterocycles. The molecular formula is C15H17NO3S. The van der Waals surface area contributed by atoms with Crippen molar-refractivity contribution in [2.45, 2.75) is 16.6 Å². The third kappa shape index (κ3) is 3.18. The van der Waals surface area contributed by atoms with Gasteiger partial charge in [-0.3, -0.25) is 0 Å². The summed E-state index contributed by atoms with van der Waals surface area (Å²) >= 11 is 0. The molecule has 5 heteroatoms. The number of hydrogen-bond donors (Lipinski definition) is 2. The number of benzene rings is 2. The Bertz CT molecular complexity index is 669. The maximum atomic E-state index is 12.5. The quantitative estimate of drug-likeness (QED) is 0.879. The first-order valence-corrected chi connectivity index (χ1v) is 7.85. The molecule has 0 aliphatic carbocycles. The van der Waals surface area contributed by atoms with E-state index in [1.54, 1.807) is 54.6 Å². The van der Waals surface area contributed by atoms with Crippen LogP contribution in [0.5, 0.6) is 5.75 Å². The lowest BCUT2D eigenvalue weighted by atomic mass is 10.1. The molecule has 4 nitrogen and oxygen atoms in total. The molecule has 0 saturated heterocycles. The molecule has 0 amide bonds. The second kappa shape index (κ2) is 6.07. The minimum Gasteiger partial charge on any atom is -0.508 e. The monoisotopic (exact) mass is 291 g/mol. The summed E-state index contributed by atoms with van der Waals surface area (Å²) in [7, 11) is -3.47. The smallest absolute Gasteiger partial charge is 0.182 e. The van der Waals surface area contributed by atoms with Crippen LogP contribution in [0.3, 0.4) is 0 Å². The zero-order valence-corrected chi connectivity index (χ0v) is 11.8. The molecule has 106 valence electrons. The Kier molecular flexibility index (Phi) is 4.42. The number of nitrogens with two attached hydrogens (primary N) is 1. The zero-order valence-electron chi connectivity index (χ0n) is 10.9. The highest BCUT2D eigenvalue weighted by atomic mass is 32.2. The zero-order chi connectivity index (χ0) is 14.6. The van der Waals surface area contributed by atoms with E-state index >= 15 is 0 Å². The van der Waals surface area contributed by atoms with Gasteiger partial charge in [0.05, 0.1) is 10.1 Å². The largest absolute Gasteiger partial charge is 0.508 e. The Morgan fingerprint density at radius 2 is 1.75 bits per heavy atom. The summed E-state index contributed by atoms with van der Waals surface area (Å²) in [6, 6.07) is 14.9. The van der Waals surface area contributed by atoms with Crippen molar-refractivity contribution in [2.75, 3.05) is 6.54 Å². The van der Waals surface area contributed by atoms with Crippen LogP contribution in [-0.2, 0) is 16.3 Å². The van der Waals surface area contributed by atoms with Crippen molar-refractivity contribution in [3.63, 3.8) is 0 Å². The SMILES string of the molecule is NCC(Cc1cccc(O)c1)S(=O)(=O)c1ccccc1. The first-order chi connectivity index (χ1) is 9.54. The van der Waals surface area contributed by atoms with Crippen molar-refractivity contribution >= 4 is 9.84 Å². The molecule has 2 rings (SSSR count). The average Bonchev–Trinajstić information content (AvgIpc) is 2.45. The lowest BCUT2D eigenvalue weighted by molar-refractivity contribution is 0.474. The molecule has 20 heavy (non-hydrogen) atoms. The highest BCUT2D eigenvalue weighted by Crippen LogP contribution is 2.20. The Hall–Kier alpha value is -1.85. The van der Waals surface area contributed by atoms with E-state index in [1.165, 1.54) is 0 Å². The lowest BCUT2D eigenvalue weighted by Gasteiger charge is -2.16. The molecule has 0 heterocycles. The number of hydrogen-bond acceptors (Lipinski definition) is 4. The van der Waals surface area contributed by atoms with Crippen LogP contribution in [-0.4, -0.2) is 25.3 Å². The van der Waals surface area contributed by atoms with Crippen molar-refractivity contribution in [1.82, 2.24) is 0 Å². The maximum absolute atomic E-state index is 12.5. The van der Waals surface area contributed by atoms with Crippen LogP contribution in [0.4, 0.5) is 0 Å². The molecule has 2 aromatic rings. The lowest BCUT2D eigenvalue weighted by Crippen LogP contribution is -2.31. The van der Waals surface area contributed by atoms with Gasteiger partial charge in [0.15, 0.2) is 9.84 Å². The van der Waals surface area contributed by atoms with E-state index in [0.717, 1.165) is 5.56 Å². The molecule has 1 atom stereocenters. The third-order valence-electron chi connectivity index (χ3n) is 3.15. The summed E-state index contributed by atoms with van der Waals surface area (Å²) in [4.78, 5) is 0.274. The maximum Gasteiger partial charge on any atom is 0.182 e. The van der Waals surface area contributed by atoms with E-state index in [4.69, 9.17) is 5.73 Å². The fourth-order valence-electron chi connectivity index (χ4n) is 2.07. The van der Waals surface area contributed by atoms with Crippen LogP contribution in [0.1, 0.15) is 5.56 Å². The number of phenolic OH excluding ortho intramolecular Hbond substituents is 1. The van der Waals surface area contributed by atoms with Crippen LogP contribution in [0.15, 0.2) is 59.5 Å². The molecule has 0 bridgehead atoms. The van der Waals surface area contributed by atoms with E-state index in [-0.39, 0.29) is 23.6 Å². The summed E-state index contributed by atoms with van der Waals surface area (Å²) < 4.78 is 25.0. The van der Waals surface area contributed by atoms with Gasteiger partial charge in [0.2, 0.25) is 0 Å². The van der Waals surface area contributed by atoms with Crippen molar-refractivity contribution in [3.8, 4) is 5.75 Å². The number of rotatable bonds is 5. The van der Waals surface area contributed by atoms with Crippen LogP contribution in [0.25, 0.3) is 0 Å². The number of phenols is 1. The molecule has 1 unspecified atom stereocenters. The van der Waals surface area contributed by atoms with Crippen molar-refractivity contribution in [2.24, 2.45) is 5.73 Å². The van der Waals surface area contributed by atoms with Crippen molar-refractivity contribution < 1.29 is 13.5 Å². The van der Waals surface area contributed by atoms with Gasteiger partial charge in [-0.1, -0.05) is 30.3 Å². The minimum atomic E-state index is -3.47. The molecule has 0 radical (unpaired) electrons. The standard InChI is InChI=1S/C15H17NO3S/c16-11-15(10-12-5-4-6-13(17)9-12)20(18,19)14-7-2-1-3-8-14/h1-9,15,17H,10-11,16H2. The fourth-order valence-corrected chi connectivity index (χ4v) is 3.66. The first kappa shape index (κ1) is 14.6. The second-order valence-electron chi connectivity index (χ2n) is 4.59. The Balaban J connectivity index is 2.29. The topological polar surface area (TPSA) is 80.4 Å². The summed E-state index contributed by atoms with van der Waals surface area (Å²) in [6.45, 7) is 0.0346.